The topological polar surface area (TPSA) is 56.5 Å². The molecule has 1 heterocycles. The number of halogens is 1. The van der Waals surface area contributed by atoms with Gasteiger partial charge in [-0.15, -0.1) is 0 Å². The van der Waals surface area contributed by atoms with Gasteiger partial charge in [-0.3, -0.25) is 9.59 Å². The van der Waals surface area contributed by atoms with Gasteiger partial charge in [-0.25, -0.2) is 0 Å². The van der Waals surface area contributed by atoms with E-state index in [1.807, 2.05) is 0 Å². The molecule has 0 N–H and O–H groups in total. The van der Waals surface area contributed by atoms with Gasteiger partial charge in [-0.05, 0) is 38.5 Å². The van der Waals surface area contributed by atoms with Gasteiger partial charge in [0.1, 0.15) is 0 Å². The van der Waals surface area contributed by atoms with E-state index in [-0.39, 0.29) is 29.7 Å². The van der Waals surface area contributed by atoms with Gasteiger partial charge >= 0.3 is 5.97 Å². The van der Waals surface area contributed by atoms with Gasteiger partial charge in [-0.2, -0.15) is 0 Å². The smallest absolute Gasteiger partial charge is 0.309 e. The number of furan rings is 1. The van der Waals surface area contributed by atoms with Crippen molar-refractivity contribution in [3.05, 3.63) is 35.0 Å². The summed E-state index contributed by atoms with van der Waals surface area (Å²) in [6, 6.07) is 5.10. The minimum Gasteiger partial charge on any atom is -0.463 e. The molecule has 4 nitrogen and oxygen atoms in total. The van der Waals surface area contributed by atoms with E-state index in [9.17, 15) is 9.59 Å². The van der Waals surface area contributed by atoms with E-state index in [1.165, 1.54) is 6.26 Å². The molecule has 0 saturated heterocycles. The molecule has 1 aliphatic rings. The van der Waals surface area contributed by atoms with E-state index < -0.39 is 0 Å². The lowest BCUT2D eigenvalue weighted by atomic mass is 10.0. The first-order valence-corrected chi connectivity index (χ1v) is 7.26. The molecule has 1 saturated carbocycles. The molecule has 1 aromatic carbocycles. The molecule has 1 fully saturated rings. The molecule has 110 valence electrons. The number of carbonyl (C=O) groups is 2. The Morgan fingerprint density at radius 2 is 2.10 bits per heavy atom. The molecule has 0 aliphatic heterocycles. The van der Waals surface area contributed by atoms with E-state index in [1.54, 1.807) is 32.0 Å². The Morgan fingerprint density at radius 3 is 2.81 bits per heavy atom. The van der Waals surface area contributed by atoms with E-state index in [4.69, 9.17) is 20.8 Å². The van der Waals surface area contributed by atoms with E-state index in [2.05, 4.69) is 0 Å². The number of esters is 1. The Balaban J connectivity index is 1.78. The van der Waals surface area contributed by atoms with Crippen molar-refractivity contribution in [2.45, 2.75) is 26.4 Å². The zero-order valence-corrected chi connectivity index (χ0v) is 12.5. The fourth-order valence-corrected chi connectivity index (χ4v) is 2.73. The molecule has 2 aromatic rings. The number of Topliss-reactive ketones (excluding diaryl/α,β-unsaturated/α-hetero) is 1. The summed E-state index contributed by atoms with van der Waals surface area (Å²) in [5.41, 5.74) is 1.08. The van der Waals surface area contributed by atoms with Crippen LogP contribution in [0.15, 0.2) is 28.9 Å². The first kappa shape index (κ1) is 14.1. The standard InChI is InChI=1S/C16H15ClO4/c1-8(2)21-16(19)12-7-11(12)14(18)10-5-9-3-4-20-15(9)13(17)6-10/h3-6,8,11-12H,7H2,1-2H3. The van der Waals surface area contributed by atoms with Crippen LogP contribution in [-0.4, -0.2) is 17.9 Å². The van der Waals surface area contributed by atoms with E-state index >= 15 is 0 Å². The molecule has 2 unspecified atom stereocenters. The fraction of sp³-hybridized carbons (Fsp3) is 0.375. The number of hydrogen-bond donors (Lipinski definition) is 0. The van der Waals surface area contributed by atoms with Crippen molar-refractivity contribution in [2.75, 3.05) is 0 Å². The second kappa shape index (κ2) is 5.19. The molecule has 0 bridgehead atoms. The molecular weight excluding hydrogens is 292 g/mol. The molecule has 0 radical (unpaired) electrons. The second-order valence-corrected chi connectivity index (χ2v) is 6.00. The lowest BCUT2D eigenvalue weighted by Crippen LogP contribution is -2.16. The number of carbonyl (C=O) groups excluding carboxylic acids is 2. The van der Waals surface area contributed by atoms with Gasteiger partial charge in [0.05, 0.1) is 23.3 Å². The summed E-state index contributed by atoms with van der Waals surface area (Å²) in [6.07, 6.45) is 1.92. The summed E-state index contributed by atoms with van der Waals surface area (Å²) < 4.78 is 10.4. The van der Waals surface area contributed by atoms with Gasteiger partial charge < -0.3 is 9.15 Å². The quantitative estimate of drug-likeness (QED) is 0.636. The van der Waals surface area contributed by atoms with Crippen LogP contribution in [0.5, 0.6) is 0 Å². The number of hydrogen-bond acceptors (Lipinski definition) is 4. The van der Waals surface area contributed by atoms with Crippen LogP contribution in [0.25, 0.3) is 11.0 Å². The first-order chi connectivity index (χ1) is 9.97. The lowest BCUT2D eigenvalue weighted by molar-refractivity contribution is -0.149. The molecule has 21 heavy (non-hydrogen) atoms. The lowest BCUT2D eigenvalue weighted by Gasteiger charge is -2.07. The Bertz CT molecular complexity index is 716. The van der Waals surface area contributed by atoms with Crippen LogP contribution in [-0.2, 0) is 9.53 Å². The minimum absolute atomic E-state index is 0.0642. The van der Waals surface area contributed by atoms with Crippen LogP contribution in [0, 0.1) is 11.8 Å². The molecule has 0 spiro atoms. The van der Waals surface area contributed by atoms with Crippen LogP contribution in [0.3, 0.4) is 0 Å². The SMILES string of the molecule is CC(C)OC(=O)C1CC1C(=O)c1cc(Cl)c2occc2c1. The van der Waals surface area contributed by atoms with Gasteiger partial charge in [0.2, 0.25) is 0 Å². The molecular formula is C16H15ClO4. The number of ketones is 1. The molecule has 1 aromatic heterocycles. The maximum Gasteiger partial charge on any atom is 0.309 e. The average molecular weight is 307 g/mol. The minimum atomic E-state index is -0.321. The highest BCUT2D eigenvalue weighted by atomic mass is 35.5. The molecule has 0 amide bonds. The summed E-state index contributed by atoms with van der Waals surface area (Å²) in [7, 11) is 0. The van der Waals surface area contributed by atoms with Crippen molar-refractivity contribution in [3.8, 4) is 0 Å². The summed E-state index contributed by atoms with van der Waals surface area (Å²) in [5, 5.41) is 1.19. The summed E-state index contributed by atoms with van der Waals surface area (Å²) in [5.74, 6) is -0.972. The molecule has 2 atom stereocenters. The summed E-state index contributed by atoms with van der Waals surface area (Å²) in [4.78, 5) is 24.2. The van der Waals surface area contributed by atoms with Crippen molar-refractivity contribution >= 4 is 34.3 Å². The largest absolute Gasteiger partial charge is 0.463 e. The molecule has 3 rings (SSSR count). The monoisotopic (exact) mass is 306 g/mol. The maximum atomic E-state index is 12.4. The van der Waals surface area contributed by atoms with Crippen LogP contribution in [0.2, 0.25) is 5.02 Å². The Kier molecular flexibility index (Phi) is 3.49. The predicted octanol–water partition coefficient (Wildman–Crippen LogP) is 3.86. The van der Waals surface area contributed by atoms with Gasteiger partial charge in [-0.1, -0.05) is 11.6 Å². The number of benzene rings is 1. The van der Waals surface area contributed by atoms with Crippen molar-refractivity contribution in [1.82, 2.24) is 0 Å². The highest BCUT2D eigenvalue weighted by molar-refractivity contribution is 6.35. The third kappa shape index (κ3) is 2.68. The van der Waals surface area contributed by atoms with Gasteiger partial charge in [0, 0.05) is 16.9 Å². The predicted molar refractivity (Wildman–Crippen MR) is 78.4 cm³/mol. The Labute approximate surface area is 127 Å². The Morgan fingerprint density at radius 1 is 1.33 bits per heavy atom. The summed E-state index contributed by atoms with van der Waals surface area (Å²) in [6.45, 7) is 3.59. The van der Waals surface area contributed by atoms with E-state index in [0.29, 0.717) is 22.6 Å². The van der Waals surface area contributed by atoms with Crippen molar-refractivity contribution < 1.29 is 18.7 Å². The van der Waals surface area contributed by atoms with Crippen LogP contribution in [0.4, 0.5) is 0 Å². The van der Waals surface area contributed by atoms with Crippen LogP contribution < -0.4 is 0 Å². The van der Waals surface area contributed by atoms with Crippen molar-refractivity contribution in [1.29, 1.82) is 0 Å². The van der Waals surface area contributed by atoms with Crippen LogP contribution >= 0.6 is 11.6 Å². The highest BCUT2D eigenvalue weighted by Crippen LogP contribution is 2.43. The second-order valence-electron chi connectivity index (χ2n) is 5.60. The van der Waals surface area contributed by atoms with Crippen LogP contribution in [0.1, 0.15) is 30.6 Å². The van der Waals surface area contributed by atoms with Gasteiger partial charge in [0.25, 0.3) is 0 Å². The third-order valence-electron chi connectivity index (χ3n) is 3.57. The highest BCUT2D eigenvalue weighted by Gasteiger charge is 2.49. The maximum absolute atomic E-state index is 12.4. The van der Waals surface area contributed by atoms with E-state index in [0.717, 1.165) is 5.39 Å². The molecule has 5 heteroatoms. The summed E-state index contributed by atoms with van der Waals surface area (Å²) >= 11 is 6.10. The number of rotatable bonds is 4. The number of fused-ring (bicyclic) bond motifs is 1. The zero-order chi connectivity index (χ0) is 15.1. The molecule has 1 aliphatic carbocycles. The fourth-order valence-electron chi connectivity index (χ4n) is 2.46. The van der Waals surface area contributed by atoms with Gasteiger partial charge in [0.15, 0.2) is 11.4 Å². The third-order valence-corrected chi connectivity index (χ3v) is 3.85. The number of ether oxygens (including phenoxy) is 1. The van der Waals surface area contributed by atoms with Crippen molar-refractivity contribution in [3.63, 3.8) is 0 Å². The zero-order valence-electron chi connectivity index (χ0n) is 11.8. The average Bonchev–Trinajstić information content (AvgIpc) is 3.07. The first-order valence-electron chi connectivity index (χ1n) is 6.89. The Hall–Kier alpha value is -1.81. The van der Waals surface area contributed by atoms with Crippen molar-refractivity contribution in [2.24, 2.45) is 11.8 Å². The normalized spacial score (nSPS) is 20.8.